The van der Waals surface area contributed by atoms with Crippen LogP contribution in [0.4, 0.5) is 0 Å². The first-order valence-electron chi connectivity index (χ1n) is 10.7. The van der Waals surface area contributed by atoms with E-state index in [9.17, 15) is 4.79 Å². The lowest BCUT2D eigenvalue weighted by atomic mass is 9.97. The maximum Gasteiger partial charge on any atom is 0.159 e. The van der Waals surface area contributed by atoms with Gasteiger partial charge >= 0.3 is 0 Å². The lowest BCUT2D eigenvalue weighted by Crippen LogP contribution is -2.20. The number of hydrogen-bond donors (Lipinski definition) is 0. The zero-order valence-corrected chi connectivity index (χ0v) is 18.1. The molecule has 31 heavy (non-hydrogen) atoms. The average Bonchev–Trinajstić information content (AvgIpc) is 3.29. The molecule has 1 atom stereocenters. The maximum absolute atomic E-state index is 11.7. The van der Waals surface area contributed by atoms with Crippen LogP contribution in [0.1, 0.15) is 40.7 Å². The highest BCUT2D eigenvalue weighted by Crippen LogP contribution is 2.29. The third-order valence-corrected chi connectivity index (χ3v) is 5.88. The zero-order valence-electron chi connectivity index (χ0n) is 18.1. The molecule has 0 bridgehead atoms. The molecule has 1 saturated heterocycles. The number of pyridine rings is 1. The van der Waals surface area contributed by atoms with Crippen molar-refractivity contribution in [2.24, 2.45) is 0 Å². The Kier molecular flexibility index (Phi) is 6.58. The average molecular weight is 413 g/mol. The maximum atomic E-state index is 11.7. The van der Waals surface area contributed by atoms with Crippen molar-refractivity contribution in [1.82, 2.24) is 9.88 Å². The number of benzene rings is 2. The fourth-order valence-corrected chi connectivity index (χ4v) is 4.08. The summed E-state index contributed by atoms with van der Waals surface area (Å²) in [6.07, 6.45) is 7.43. The molecule has 0 unspecified atom stereocenters. The van der Waals surface area contributed by atoms with Crippen molar-refractivity contribution < 1.29 is 9.53 Å². The second-order valence-electron chi connectivity index (χ2n) is 8.03. The molecule has 2 heterocycles. The first-order chi connectivity index (χ1) is 15.1. The van der Waals surface area contributed by atoms with Crippen LogP contribution >= 0.6 is 0 Å². The molecule has 2 aromatic carbocycles. The number of likely N-dealkylation sites (tertiary alicyclic amines) is 1. The molecule has 0 saturated carbocycles. The predicted octanol–water partition coefficient (Wildman–Crippen LogP) is 5.46. The first kappa shape index (κ1) is 21.0. The van der Waals surface area contributed by atoms with Gasteiger partial charge in [-0.05, 0) is 67.3 Å². The Morgan fingerprint density at radius 3 is 2.77 bits per heavy atom. The topological polar surface area (TPSA) is 42.4 Å². The van der Waals surface area contributed by atoms with Crippen molar-refractivity contribution >= 4 is 11.9 Å². The predicted molar refractivity (Wildman–Crippen MR) is 126 cm³/mol. The van der Waals surface area contributed by atoms with Crippen LogP contribution < -0.4 is 4.74 Å². The minimum atomic E-state index is 0.0761. The Bertz CT molecular complexity index is 1070. The number of ketones is 1. The quantitative estimate of drug-likeness (QED) is 0.483. The molecular formula is C27H28N2O2. The van der Waals surface area contributed by atoms with Crippen LogP contribution in [-0.2, 0) is 0 Å². The first-order valence-corrected chi connectivity index (χ1v) is 10.7. The summed E-state index contributed by atoms with van der Waals surface area (Å²) in [6, 6.07) is 20.1. The molecule has 158 valence electrons. The van der Waals surface area contributed by atoms with E-state index in [2.05, 4.69) is 46.3 Å². The van der Waals surface area contributed by atoms with Crippen LogP contribution in [0.3, 0.4) is 0 Å². The number of ether oxygens (including phenoxy) is 1. The molecule has 0 aliphatic carbocycles. The number of aromatic nitrogens is 1. The lowest BCUT2D eigenvalue weighted by molar-refractivity contribution is 0.101. The Balaban J connectivity index is 1.39. The highest BCUT2D eigenvalue weighted by Gasteiger charge is 2.23. The Labute approximate surface area is 184 Å². The number of rotatable bonds is 7. The Hall–Kier alpha value is -3.24. The molecule has 4 heteroatoms. The monoisotopic (exact) mass is 412 g/mol. The van der Waals surface area contributed by atoms with Crippen LogP contribution in [0.2, 0.25) is 0 Å². The van der Waals surface area contributed by atoms with E-state index in [1.165, 1.54) is 11.1 Å². The van der Waals surface area contributed by atoms with E-state index >= 15 is 0 Å². The van der Waals surface area contributed by atoms with Gasteiger partial charge in [0.1, 0.15) is 5.75 Å². The molecule has 4 rings (SSSR count). The lowest BCUT2D eigenvalue weighted by Gasteiger charge is -2.14. The van der Waals surface area contributed by atoms with Gasteiger partial charge in [-0.1, -0.05) is 42.5 Å². The minimum absolute atomic E-state index is 0.0761. The van der Waals surface area contributed by atoms with Crippen LogP contribution in [0.15, 0.2) is 72.9 Å². The van der Waals surface area contributed by atoms with E-state index in [1.54, 1.807) is 14.0 Å². The number of carbonyl (C=O) groups is 1. The van der Waals surface area contributed by atoms with Gasteiger partial charge in [-0.3, -0.25) is 14.7 Å². The van der Waals surface area contributed by atoms with Gasteiger partial charge in [-0.25, -0.2) is 0 Å². The summed E-state index contributed by atoms with van der Waals surface area (Å²) in [6.45, 7) is 4.68. The molecule has 0 spiro atoms. The SMILES string of the molecule is COc1ccc(/C=C/CN2CC[C@@H](c3ccnc(-c4cccc(C(C)=O)c4)c3)C2)cc1. The van der Waals surface area contributed by atoms with E-state index in [4.69, 9.17) is 4.74 Å². The van der Waals surface area contributed by atoms with Crippen molar-refractivity contribution in [3.63, 3.8) is 0 Å². The van der Waals surface area contributed by atoms with E-state index in [0.717, 1.165) is 48.6 Å². The summed E-state index contributed by atoms with van der Waals surface area (Å²) >= 11 is 0. The van der Waals surface area contributed by atoms with E-state index in [0.29, 0.717) is 5.92 Å². The van der Waals surface area contributed by atoms with Gasteiger partial charge in [0.2, 0.25) is 0 Å². The standard InChI is InChI=1S/C27H28N2O2/c1-20(30)22-6-3-7-24(17-22)27-18-23(12-14-28-27)25-13-16-29(19-25)15-4-5-21-8-10-26(31-2)11-9-21/h3-12,14,17-18,25H,13,15-16,19H2,1-2H3/b5-4+/t25-/m1/s1. The van der Waals surface area contributed by atoms with Gasteiger partial charge in [0, 0.05) is 30.4 Å². The minimum Gasteiger partial charge on any atom is -0.497 e. The van der Waals surface area contributed by atoms with E-state index < -0.39 is 0 Å². The third kappa shape index (κ3) is 5.28. The summed E-state index contributed by atoms with van der Waals surface area (Å²) in [5.41, 5.74) is 5.15. The molecule has 0 N–H and O–H groups in total. The number of nitrogens with zero attached hydrogens (tertiary/aromatic N) is 2. The highest BCUT2D eigenvalue weighted by atomic mass is 16.5. The van der Waals surface area contributed by atoms with Gasteiger partial charge in [0.25, 0.3) is 0 Å². The summed E-state index contributed by atoms with van der Waals surface area (Å²) in [4.78, 5) is 18.7. The molecule has 4 nitrogen and oxygen atoms in total. The highest BCUT2D eigenvalue weighted by molar-refractivity contribution is 5.95. The summed E-state index contributed by atoms with van der Waals surface area (Å²) < 4.78 is 5.21. The second-order valence-corrected chi connectivity index (χ2v) is 8.03. The third-order valence-electron chi connectivity index (χ3n) is 5.88. The van der Waals surface area contributed by atoms with Gasteiger partial charge in [-0.15, -0.1) is 0 Å². The van der Waals surface area contributed by atoms with Crippen molar-refractivity contribution in [2.75, 3.05) is 26.7 Å². The van der Waals surface area contributed by atoms with E-state index in [1.807, 2.05) is 42.6 Å². The van der Waals surface area contributed by atoms with Gasteiger partial charge in [-0.2, -0.15) is 0 Å². The van der Waals surface area contributed by atoms with Crippen LogP contribution in [0, 0.1) is 0 Å². The number of hydrogen-bond acceptors (Lipinski definition) is 4. The molecule has 0 radical (unpaired) electrons. The number of Topliss-reactive ketones (excluding diaryl/α,β-unsaturated/α-hetero) is 1. The molecular weight excluding hydrogens is 384 g/mol. The van der Waals surface area contributed by atoms with Crippen LogP contribution in [0.5, 0.6) is 5.75 Å². The number of carbonyl (C=O) groups excluding carboxylic acids is 1. The van der Waals surface area contributed by atoms with E-state index in [-0.39, 0.29) is 5.78 Å². The van der Waals surface area contributed by atoms with Crippen LogP contribution in [0.25, 0.3) is 17.3 Å². The second kappa shape index (κ2) is 9.71. The fourth-order valence-electron chi connectivity index (χ4n) is 4.08. The molecule has 1 aromatic heterocycles. The molecule has 1 fully saturated rings. The van der Waals surface area contributed by atoms with Crippen molar-refractivity contribution in [2.45, 2.75) is 19.3 Å². The largest absolute Gasteiger partial charge is 0.497 e. The Morgan fingerprint density at radius 1 is 1.16 bits per heavy atom. The van der Waals surface area contributed by atoms with Crippen molar-refractivity contribution in [1.29, 1.82) is 0 Å². The van der Waals surface area contributed by atoms with Gasteiger partial charge in [0.05, 0.1) is 12.8 Å². The smallest absolute Gasteiger partial charge is 0.159 e. The summed E-state index contributed by atoms with van der Waals surface area (Å²) in [5.74, 6) is 1.46. The normalized spacial score (nSPS) is 16.6. The van der Waals surface area contributed by atoms with Gasteiger partial charge < -0.3 is 4.74 Å². The van der Waals surface area contributed by atoms with Crippen molar-refractivity contribution in [3.05, 3.63) is 89.6 Å². The molecule has 1 aliphatic rings. The Morgan fingerprint density at radius 2 is 2.00 bits per heavy atom. The molecule has 3 aromatic rings. The number of methoxy groups -OCH3 is 1. The zero-order chi connectivity index (χ0) is 21.6. The summed E-state index contributed by atoms with van der Waals surface area (Å²) in [7, 11) is 1.68. The summed E-state index contributed by atoms with van der Waals surface area (Å²) in [5, 5.41) is 0. The van der Waals surface area contributed by atoms with Gasteiger partial charge in [0.15, 0.2) is 5.78 Å². The molecule has 1 aliphatic heterocycles. The fraction of sp³-hybridized carbons (Fsp3) is 0.259. The molecule has 0 amide bonds. The van der Waals surface area contributed by atoms with Crippen molar-refractivity contribution in [3.8, 4) is 17.0 Å². The van der Waals surface area contributed by atoms with Crippen LogP contribution in [-0.4, -0.2) is 42.4 Å².